The molecule has 1 fully saturated rings. The van der Waals surface area contributed by atoms with E-state index < -0.39 is 0 Å². The van der Waals surface area contributed by atoms with Gasteiger partial charge in [-0.05, 0) is 39.7 Å². The van der Waals surface area contributed by atoms with Gasteiger partial charge in [-0.3, -0.25) is 9.78 Å². The maximum absolute atomic E-state index is 12.8. The zero-order chi connectivity index (χ0) is 15.2. The summed E-state index contributed by atoms with van der Waals surface area (Å²) in [4.78, 5) is 18.9. The molecule has 1 aromatic heterocycles. The van der Waals surface area contributed by atoms with E-state index in [9.17, 15) is 4.79 Å². The summed E-state index contributed by atoms with van der Waals surface area (Å²) in [5, 5.41) is 3.25. The molecule has 1 unspecified atom stereocenters. The number of anilines is 1. The van der Waals surface area contributed by atoms with Gasteiger partial charge < -0.3 is 15.0 Å². The van der Waals surface area contributed by atoms with Gasteiger partial charge in [0.2, 0.25) is 0 Å². The van der Waals surface area contributed by atoms with Crippen molar-refractivity contribution in [2.45, 2.75) is 39.7 Å². The number of carbonyl (C=O) groups excluding carboxylic acids is 1. The number of ether oxygens (including phenoxy) is 1. The number of aryl methyl sites for hydroxylation is 1. The average Bonchev–Trinajstić information content (AvgIpc) is 2.97. The van der Waals surface area contributed by atoms with Gasteiger partial charge in [-0.1, -0.05) is 0 Å². The summed E-state index contributed by atoms with van der Waals surface area (Å²) in [5.41, 5.74) is 2.41. The molecule has 0 aromatic carbocycles. The first-order valence-electron chi connectivity index (χ1n) is 7.77. The van der Waals surface area contributed by atoms with Gasteiger partial charge in [0.1, 0.15) is 0 Å². The highest BCUT2D eigenvalue weighted by molar-refractivity contribution is 5.99. The van der Waals surface area contributed by atoms with E-state index in [1.165, 1.54) is 0 Å². The second kappa shape index (κ2) is 7.41. The van der Waals surface area contributed by atoms with E-state index in [1.807, 2.05) is 31.7 Å². The predicted molar refractivity (Wildman–Crippen MR) is 83.7 cm³/mol. The number of likely N-dealkylation sites (N-methyl/N-ethyl adjacent to an activating group) is 1. The molecule has 0 spiro atoms. The first-order chi connectivity index (χ1) is 10.2. The highest BCUT2D eigenvalue weighted by atomic mass is 16.5. The number of amides is 1. The summed E-state index contributed by atoms with van der Waals surface area (Å²) in [7, 11) is 0. The van der Waals surface area contributed by atoms with Crippen molar-refractivity contribution in [2.75, 3.05) is 31.6 Å². The molecule has 1 aromatic rings. The van der Waals surface area contributed by atoms with Crippen LogP contribution in [0, 0.1) is 6.92 Å². The van der Waals surface area contributed by atoms with Crippen LogP contribution in [0.1, 0.15) is 42.7 Å². The zero-order valence-electron chi connectivity index (χ0n) is 13.2. The van der Waals surface area contributed by atoms with Crippen LogP contribution in [0.2, 0.25) is 0 Å². The first-order valence-corrected chi connectivity index (χ1v) is 7.77. The lowest BCUT2D eigenvalue weighted by molar-refractivity contribution is 0.0539. The maximum atomic E-state index is 12.8. The van der Waals surface area contributed by atoms with Crippen LogP contribution >= 0.6 is 0 Å². The number of nitrogens with one attached hydrogen (secondary N) is 1. The Balaban J connectivity index is 2.16. The Hall–Kier alpha value is -1.62. The van der Waals surface area contributed by atoms with Gasteiger partial charge in [0.15, 0.2) is 0 Å². The summed E-state index contributed by atoms with van der Waals surface area (Å²) < 4.78 is 5.64. The molecule has 1 aliphatic rings. The van der Waals surface area contributed by atoms with Gasteiger partial charge in [-0.2, -0.15) is 0 Å². The minimum absolute atomic E-state index is 0.0245. The van der Waals surface area contributed by atoms with Crippen LogP contribution < -0.4 is 5.32 Å². The van der Waals surface area contributed by atoms with Crippen LogP contribution in [0.4, 0.5) is 5.69 Å². The van der Waals surface area contributed by atoms with Crippen molar-refractivity contribution in [3.63, 3.8) is 0 Å². The Morgan fingerprint density at radius 3 is 2.95 bits per heavy atom. The normalized spacial score (nSPS) is 17.8. The number of rotatable bonds is 6. The lowest BCUT2D eigenvalue weighted by Crippen LogP contribution is -2.37. The smallest absolute Gasteiger partial charge is 0.257 e. The van der Waals surface area contributed by atoms with E-state index in [1.54, 1.807) is 6.20 Å². The summed E-state index contributed by atoms with van der Waals surface area (Å²) in [6.45, 7) is 8.88. The number of hydrogen-bond acceptors (Lipinski definition) is 4. The van der Waals surface area contributed by atoms with Gasteiger partial charge in [0.25, 0.3) is 5.91 Å². The fourth-order valence-corrected chi connectivity index (χ4v) is 2.63. The number of nitrogens with zero attached hydrogens (tertiary/aromatic N) is 2. The Morgan fingerprint density at radius 1 is 1.52 bits per heavy atom. The average molecular weight is 291 g/mol. The number of aromatic nitrogens is 1. The molecule has 0 aliphatic carbocycles. The molecule has 0 radical (unpaired) electrons. The van der Waals surface area contributed by atoms with Crippen molar-refractivity contribution in [1.29, 1.82) is 0 Å². The lowest BCUT2D eigenvalue weighted by atomic mass is 10.1. The van der Waals surface area contributed by atoms with Gasteiger partial charge >= 0.3 is 0 Å². The Bertz CT molecular complexity index is 484. The fraction of sp³-hybridized carbons (Fsp3) is 0.625. The molecule has 1 saturated heterocycles. The van der Waals surface area contributed by atoms with Crippen molar-refractivity contribution in [2.24, 2.45) is 0 Å². The molecule has 0 saturated carbocycles. The molecular formula is C16H25N3O2. The second-order valence-electron chi connectivity index (χ2n) is 5.38. The SMILES string of the molecule is CCNc1cc(C)ncc1C(=O)N(CC)CC1CCCO1. The zero-order valence-corrected chi connectivity index (χ0v) is 13.2. The first kappa shape index (κ1) is 15.8. The summed E-state index contributed by atoms with van der Waals surface area (Å²) >= 11 is 0. The Kier molecular flexibility index (Phi) is 5.56. The van der Waals surface area contributed by atoms with Gasteiger partial charge in [-0.15, -0.1) is 0 Å². The third-order valence-corrected chi connectivity index (χ3v) is 3.76. The molecule has 0 bridgehead atoms. The van der Waals surface area contributed by atoms with Crippen molar-refractivity contribution in [1.82, 2.24) is 9.88 Å². The van der Waals surface area contributed by atoms with Crippen LogP contribution in [0.3, 0.4) is 0 Å². The molecule has 1 aliphatic heterocycles. The molecule has 5 nitrogen and oxygen atoms in total. The highest BCUT2D eigenvalue weighted by Gasteiger charge is 2.24. The van der Waals surface area contributed by atoms with E-state index >= 15 is 0 Å². The minimum atomic E-state index is 0.0245. The molecule has 2 rings (SSSR count). The Morgan fingerprint density at radius 2 is 2.33 bits per heavy atom. The summed E-state index contributed by atoms with van der Waals surface area (Å²) in [6, 6.07) is 1.93. The van der Waals surface area contributed by atoms with Crippen molar-refractivity contribution in [3.8, 4) is 0 Å². The van der Waals surface area contributed by atoms with Crippen LogP contribution in [0.15, 0.2) is 12.3 Å². The van der Waals surface area contributed by atoms with Crippen LogP contribution in [-0.2, 0) is 4.74 Å². The van der Waals surface area contributed by atoms with Crippen molar-refractivity contribution in [3.05, 3.63) is 23.5 Å². The molecule has 5 heteroatoms. The highest BCUT2D eigenvalue weighted by Crippen LogP contribution is 2.20. The number of hydrogen-bond donors (Lipinski definition) is 1. The standard InChI is InChI=1S/C16H25N3O2/c1-4-17-15-9-12(3)18-10-14(15)16(20)19(5-2)11-13-7-6-8-21-13/h9-10,13H,4-8,11H2,1-3H3,(H,17,18). The summed E-state index contributed by atoms with van der Waals surface area (Å²) in [5.74, 6) is 0.0245. The maximum Gasteiger partial charge on any atom is 0.257 e. The molecule has 1 N–H and O–H groups in total. The third-order valence-electron chi connectivity index (χ3n) is 3.76. The van der Waals surface area contributed by atoms with E-state index in [2.05, 4.69) is 10.3 Å². The molecule has 2 heterocycles. The number of carbonyl (C=O) groups is 1. The monoisotopic (exact) mass is 291 g/mol. The van der Waals surface area contributed by atoms with E-state index in [4.69, 9.17) is 4.74 Å². The lowest BCUT2D eigenvalue weighted by Gasteiger charge is -2.25. The van der Waals surface area contributed by atoms with Gasteiger partial charge in [0, 0.05) is 38.1 Å². The number of pyridine rings is 1. The topological polar surface area (TPSA) is 54.5 Å². The molecule has 1 atom stereocenters. The van der Waals surface area contributed by atoms with Crippen LogP contribution in [0.25, 0.3) is 0 Å². The minimum Gasteiger partial charge on any atom is -0.385 e. The van der Waals surface area contributed by atoms with Crippen LogP contribution in [0.5, 0.6) is 0 Å². The largest absolute Gasteiger partial charge is 0.385 e. The second-order valence-corrected chi connectivity index (χ2v) is 5.38. The third kappa shape index (κ3) is 3.94. The fourth-order valence-electron chi connectivity index (χ4n) is 2.63. The molecule has 21 heavy (non-hydrogen) atoms. The summed E-state index contributed by atoms with van der Waals surface area (Å²) in [6.07, 6.45) is 3.98. The van der Waals surface area contributed by atoms with Gasteiger partial charge in [0.05, 0.1) is 17.4 Å². The van der Waals surface area contributed by atoms with E-state index in [-0.39, 0.29) is 12.0 Å². The predicted octanol–water partition coefficient (Wildman–Crippen LogP) is 2.46. The quantitative estimate of drug-likeness (QED) is 0.875. The van der Waals surface area contributed by atoms with Crippen molar-refractivity contribution >= 4 is 11.6 Å². The molecule has 116 valence electrons. The van der Waals surface area contributed by atoms with E-state index in [0.29, 0.717) is 18.7 Å². The molecule has 1 amide bonds. The van der Waals surface area contributed by atoms with Gasteiger partial charge in [-0.25, -0.2) is 0 Å². The van der Waals surface area contributed by atoms with Crippen LogP contribution in [-0.4, -0.2) is 48.1 Å². The van der Waals surface area contributed by atoms with E-state index in [0.717, 1.165) is 37.4 Å². The Labute approximate surface area is 126 Å². The molecular weight excluding hydrogens is 266 g/mol. The van der Waals surface area contributed by atoms with Crippen molar-refractivity contribution < 1.29 is 9.53 Å².